The molecule has 1 aromatic rings. The smallest absolute Gasteiger partial charge is 0.253 e. The molecule has 1 aromatic heterocycles. The van der Waals surface area contributed by atoms with E-state index in [4.69, 9.17) is 0 Å². The van der Waals surface area contributed by atoms with E-state index in [-0.39, 0.29) is 35.5 Å². The number of carbonyl (C=O) groups excluding carboxylic acids is 2. The minimum Gasteiger partial charge on any atom is -0.272 e. The van der Waals surface area contributed by atoms with Crippen molar-refractivity contribution < 1.29 is 9.59 Å². The second-order valence-corrected chi connectivity index (χ2v) is 4.83. The largest absolute Gasteiger partial charge is 0.272 e. The highest BCUT2D eigenvalue weighted by Crippen LogP contribution is 2.51. The van der Waals surface area contributed by atoms with Gasteiger partial charge in [-0.1, -0.05) is 12.2 Å². The minimum absolute atomic E-state index is 0.114. The van der Waals surface area contributed by atoms with Gasteiger partial charge in [-0.05, 0) is 18.3 Å². The van der Waals surface area contributed by atoms with Crippen molar-refractivity contribution in [2.75, 3.05) is 5.01 Å². The van der Waals surface area contributed by atoms with Crippen molar-refractivity contribution in [2.24, 2.45) is 23.7 Å². The first-order chi connectivity index (χ1) is 8.27. The number of carbonyl (C=O) groups is 2. The van der Waals surface area contributed by atoms with Crippen molar-refractivity contribution in [1.82, 2.24) is 14.9 Å². The molecule has 1 saturated carbocycles. The highest BCUT2D eigenvalue weighted by molar-refractivity contribution is 6.17. The first kappa shape index (κ1) is 9.09. The molecule has 1 saturated heterocycles. The number of hydrogen-bond donors (Lipinski definition) is 0. The third-order valence-electron chi connectivity index (χ3n) is 4.08. The molecule has 2 bridgehead atoms. The molecule has 4 atom stereocenters. The average molecular weight is 230 g/mol. The molecular formula is C11H10N4O2. The topological polar surface area (TPSA) is 68.1 Å². The lowest BCUT2D eigenvalue weighted by atomic mass is 9.85. The lowest BCUT2D eigenvalue weighted by Crippen LogP contribution is -2.41. The summed E-state index contributed by atoms with van der Waals surface area (Å²) >= 11 is 0. The molecule has 0 aromatic carbocycles. The molecule has 3 aliphatic rings. The van der Waals surface area contributed by atoms with Crippen LogP contribution in [0.2, 0.25) is 0 Å². The summed E-state index contributed by atoms with van der Waals surface area (Å²) in [6.45, 7) is 0. The molecule has 6 nitrogen and oxygen atoms in total. The molecule has 0 N–H and O–H groups in total. The van der Waals surface area contributed by atoms with Gasteiger partial charge in [-0.15, -0.1) is 10.2 Å². The van der Waals surface area contributed by atoms with Crippen LogP contribution in [0, 0.1) is 23.7 Å². The Morgan fingerprint density at radius 3 is 2.06 bits per heavy atom. The van der Waals surface area contributed by atoms with E-state index in [9.17, 15) is 9.59 Å². The van der Waals surface area contributed by atoms with Crippen LogP contribution in [-0.4, -0.2) is 26.7 Å². The average Bonchev–Trinajstić information content (AvgIpc) is 3.03. The van der Waals surface area contributed by atoms with E-state index >= 15 is 0 Å². The van der Waals surface area contributed by atoms with Crippen LogP contribution in [0.25, 0.3) is 0 Å². The van der Waals surface area contributed by atoms with E-state index in [0.29, 0.717) is 0 Å². The van der Waals surface area contributed by atoms with Crippen molar-refractivity contribution in [2.45, 2.75) is 6.42 Å². The van der Waals surface area contributed by atoms with Gasteiger partial charge in [0.15, 0.2) is 0 Å². The van der Waals surface area contributed by atoms with Gasteiger partial charge >= 0.3 is 0 Å². The number of imide groups is 1. The van der Waals surface area contributed by atoms with Crippen LogP contribution in [0.4, 0.5) is 0 Å². The second-order valence-electron chi connectivity index (χ2n) is 4.83. The molecule has 2 aliphatic carbocycles. The summed E-state index contributed by atoms with van der Waals surface area (Å²) < 4.78 is 1.38. The molecule has 0 spiro atoms. The zero-order valence-corrected chi connectivity index (χ0v) is 8.93. The molecule has 17 heavy (non-hydrogen) atoms. The van der Waals surface area contributed by atoms with Crippen LogP contribution in [0.15, 0.2) is 24.8 Å². The summed E-state index contributed by atoms with van der Waals surface area (Å²) in [5, 5.41) is 8.45. The van der Waals surface area contributed by atoms with Crippen LogP contribution in [0.3, 0.4) is 0 Å². The van der Waals surface area contributed by atoms with Gasteiger partial charge in [0, 0.05) is 0 Å². The zero-order valence-electron chi connectivity index (χ0n) is 8.93. The molecule has 6 heteroatoms. The van der Waals surface area contributed by atoms with Gasteiger partial charge in [-0.3, -0.25) is 9.59 Å². The Labute approximate surface area is 96.9 Å². The Hall–Kier alpha value is -1.98. The SMILES string of the molecule is O=C1[C@@H]2[C@@H](C(=O)N1n1cnnc1)[C@H]1C=C[C@H]2C1. The lowest BCUT2D eigenvalue weighted by Gasteiger charge is -2.16. The fraction of sp³-hybridized carbons (Fsp3) is 0.455. The van der Waals surface area contributed by atoms with Gasteiger partial charge in [0.1, 0.15) is 12.7 Å². The Bertz CT molecular complexity index is 506. The first-order valence-corrected chi connectivity index (χ1v) is 5.68. The fourth-order valence-electron chi connectivity index (χ4n) is 3.41. The minimum atomic E-state index is -0.167. The number of amides is 2. The second kappa shape index (κ2) is 2.82. The summed E-state index contributed by atoms with van der Waals surface area (Å²) in [5.74, 6) is -0.0843. The monoisotopic (exact) mass is 230 g/mol. The number of allylic oxidation sites excluding steroid dienone is 2. The maximum atomic E-state index is 12.3. The van der Waals surface area contributed by atoms with Crippen molar-refractivity contribution in [1.29, 1.82) is 0 Å². The Kier molecular flexibility index (Phi) is 1.51. The van der Waals surface area contributed by atoms with Crippen LogP contribution < -0.4 is 5.01 Å². The third-order valence-corrected chi connectivity index (χ3v) is 4.08. The normalized spacial score (nSPS) is 38.2. The van der Waals surface area contributed by atoms with Crippen LogP contribution in [0.1, 0.15) is 6.42 Å². The Balaban J connectivity index is 1.79. The summed E-state index contributed by atoms with van der Waals surface area (Å²) in [5.41, 5.74) is 0. The highest BCUT2D eigenvalue weighted by atomic mass is 16.2. The maximum Gasteiger partial charge on any atom is 0.253 e. The summed E-state index contributed by atoms with van der Waals surface area (Å²) in [6, 6.07) is 0. The zero-order chi connectivity index (χ0) is 11.6. The molecule has 0 unspecified atom stereocenters. The van der Waals surface area contributed by atoms with Gasteiger partial charge in [0.25, 0.3) is 11.8 Å². The molecule has 2 heterocycles. The van der Waals surface area contributed by atoms with E-state index < -0.39 is 0 Å². The van der Waals surface area contributed by atoms with E-state index in [1.54, 1.807) is 0 Å². The van der Waals surface area contributed by atoms with Gasteiger partial charge in [-0.2, -0.15) is 5.01 Å². The number of nitrogens with zero attached hydrogens (tertiary/aromatic N) is 4. The Morgan fingerprint density at radius 2 is 1.53 bits per heavy atom. The van der Waals surface area contributed by atoms with Gasteiger partial charge in [-0.25, -0.2) is 4.68 Å². The predicted molar refractivity (Wildman–Crippen MR) is 56.0 cm³/mol. The van der Waals surface area contributed by atoms with E-state index in [1.165, 1.54) is 22.3 Å². The molecule has 2 amide bonds. The maximum absolute atomic E-state index is 12.3. The molecule has 2 fully saturated rings. The molecule has 0 radical (unpaired) electrons. The fourth-order valence-corrected chi connectivity index (χ4v) is 3.41. The van der Waals surface area contributed by atoms with Gasteiger partial charge in [0.05, 0.1) is 11.8 Å². The van der Waals surface area contributed by atoms with Crippen LogP contribution in [0.5, 0.6) is 0 Å². The molecule has 4 rings (SSSR count). The van der Waals surface area contributed by atoms with Gasteiger partial charge in [0.2, 0.25) is 0 Å². The van der Waals surface area contributed by atoms with E-state index in [1.807, 2.05) is 0 Å². The number of aromatic nitrogens is 3. The standard InChI is InChI=1S/C11H10N4O2/c16-10-8-6-1-2-7(3-6)9(8)11(17)15(10)14-4-12-13-5-14/h1-2,4-9H,3H2/t6-,7-,8-,9-/m0/s1. The molecular weight excluding hydrogens is 220 g/mol. The van der Waals surface area contributed by atoms with E-state index in [0.717, 1.165) is 6.42 Å². The van der Waals surface area contributed by atoms with Gasteiger partial charge < -0.3 is 0 Å². The molecule has 86 valence electrons. The van der Waals surface area contributed by atoms with Crippen molar-refractivity contribution >= 4 is 11.8 Å². The van der Waals surface area contributed by atoms with Crippen molar-refractivity contribution in [3.8, 4) is 0 Å². The summed E-state index contributed by atoms with van der Waals surface area (Å²) in [6.07, 6.45) is 7.86. The van der Waals surface area contributed by atoms with Crippen molar-refractivity contribution in [3.05, 3.63) is 24.8 Å². The van der Waals surface area contributed by atoms with E-state index in [2.05, 4.69) is 22.3 Å². The van der Waals surface area contributed by atoms with Crippen LogP contribution >= 0.6 is 0 Å². The Morgan fingerprint density at radius 1 is 1.00 bits per heavy atom. The van der Waals surface area contributed by atoms with Crippen LogP contribution in [-0.2, 0) is 9.59 Å². The number of fused-ring (bicyclic) bond motifs is 5. The third kappa shape index (κ3) is 0.956. The predicted octanol–water partition coefficient (Wildman–Crippen LogP) is -0.279. The number of hydrogen-bond acceptors (Lipinski definition) is 4. The summed E-state index contributed by atoms with van der Waals surface area (Å²) in [4.78, 5) is 24.6. The lowest BCUT2D eigenvalue weighted by molar-refractivity contribution is -0.125. The first-order valence-electron chi connectivity index (χ1n) is 5.68. The van der Waals surface area contributed by atoms with Crippen molar-refractivity contribution in [3.63, 3.8) is 0 Å². The molecule has 1 aliphatic heterocycles. The quantitative estimate of drug-likeness (QED) is 0.491. The summed E-state index contributed by atoms with van der Waals surface area (Å²) in [7, 11) is 0. The number of rotatable bonds is 1. The highest BCUT2D eigenvalue weighted by Gasteiger charge is 2.60.